The van der Waals surface area contributed by atoms with Crippen molar-refractivity contribution in [3.05, 3.63) is 53.1 Å². The minimum Gasteiger partial charge on any atom is -0.461 e. The lowest BCUT2D eigenvalue weighted by atomic mass is 10.1. The maximum atomic E-state index is 13.5. The normalized spacial score (nSPS) is 12.5. The van der Waals surface area contributed by atoms with Gasteiger partial charge in [-0.2, -0.15) is 13.2 Å². The Hall–Kier alpha value is -3.08. The van der Waals surface area contributed by atoms with Gasteiger partial charge in [-0.15, -0.1) is 0 Å². The van der Waals surface area contributed by atoms with E-state index in [-0.39, 0.29) is 36.5 Å². The minimum absolute atomic E-state index is 0.0398. The van der Waals surface area contributed by atoms with Gasteiger partial charge in [-0.1, -0.05) is 0 Å². The van der Waals surface area contributed by atoms with Crippen molar-refractivity contribution in [2.45, 2.75) is 32.3 Å². The van der Waals surface area contributed by atoms with Gasteiger partial charge in [-0.3, -0.25) is 4.79 Å². The van der Waals surface area contributed by atoms with E-state index in [4.69, 9.17) is 10.5 Å². The molecule has 0 spiro atoms. The third-order valence-electron chi connectivity index (χ3n) is 3.85. The first-order valence-corrected chi connectivity index (χ1v) is 8.49. The molecule has 0 bridgehead atoms. The molecule has 4 N–H and O–H groups in total. The van der Waals surface area contributed by atoms with Crippen LogP contribution in [0.3, 0.4) is 0 Å². The van der Waals surface area contributed by atoms with E-state index in [0.717, 1.165) is 6.07 Å². The van der Waals surface area contributed by atoms with E-state index >= 15 is 0 Å². The Morgan fingerprint density at radius 1 is 1.28 bits per heavy atom. The Balaban J connectivity index is 2.29. The zero-order valence-corrected chi connectivity index (χ0v) is 15.3. The highest BCUT2D eigenvalue weighted by Crippen LogP contribution is 2.32. The molecule has 0 aliphatic carbocycles. The van der Waals surface area contributed by atoms with Gasteiger partial charge in [0.05, 0.1) is 17.9 Å². The Labute approximate surface area is 163 Å². The fraction of sp³-hybridized carbons (Fsp3) is 0.333. The van der Waals surface area contributed by atoms with E-state index < -0.39 is 35.7 Å². The third kappa shape index (κ3) is 5.95. The predicted molar refractivity (Wildman–Crippen MR) is 94.2 cm³/mol. The number of halogens is 4. The number of rotatable bonds is 8. The largest absolute Gasteiger partial charge is 0.461 e. The molecule has 0 radical (unpaired) electrons. The van der Waals surface area contributed by atoms with Gasteiger partial charge in [0, 0.05) is 24.7 Å². The first-order chi connectivity index (χ1) is 13.5. The fourth-order valence-corrected chi connectivity index (χ4v) is 2.56. The van der Waals surface area contributed by atoms with Crippen molar-refractivity contribution >= 4 is 17.6 Å². The smallest absolute Gasteiger partial charge is 0.416 e. The lowest BCUT2D eigenvalue weighted by molar-refractivity contribution is -0.137. The predicted octanol–water partition coefficient (Wildman–Crippen LogP) is 2.80. The molecule has 2 aromatic rings. The molecule has 1 unspecified atom stereocenters. The molecule has 0 saturated heterocycles. The zero-order chi connectivity index (χ0) is 21.8. The topological polar surface area (TPSA) is 107 Å². The number of ether oxygens (including phenoxy) is 1. The number of esters is 1. The Bertz CT molecular complexity index is 896. The molecule has 158 valence electrons. The number of aliphatic hydroxyl groups is 1. The summed E-state index contributed by atoms with van der Waals surface area (Å²) in [4.78, 5) is 23.1. The number of benzene rings is 1. The Morgan fingerprint density at radius 2 is 1.97 bits per heavy atom. The summed E-state index contributed by atoms with van der Waals surface area (Å²) in [5.41, 5.74) is 3.67. The number of aliphatic hydroxyl groups excluding tert-OH is 1. The highest BCUT2D eigenvalue weighted by molar-refractivity contribution is 5.89. The van der Waals surface area contributed by atoms with E-state index in [1.54, 1.807) is 6.92 Å². The number of hydrogen-bond acceptors (Lipinski definition) is 5. The highest BCUT2D eigenvalue weighted by Gasteiger charge is 2.32. The Morgan fingerprint density at radius 3 is 2.55 bits per heavy atom. The molecule has 1 atom stereocenters. The van der Waals surface area contributed by atoms with Crippen LogP contribution in [0.4, 0.5) is 23.2 Å². The number of carbonyl (C=O) groups is 2. The molecule has 29 heavy (non-hydrogen) atoms. The van der Waals surface area contributed by atoms with Crippen LogP contribution >= 0.6 is 0 Å². The molecule has 0 aliphatic heterocycles. The number of alkyl halides is 3. The fourth-order valence-electron chi connectivity index (χ4n) is 2.56. The highest BCUT2D eigenvalue weighted by atomic mass is 19.4. The van der Waals surface area contributed by atoms with Gasteiger partial charge < -0.3 is 25.5 Å². The van der Waals surface area contributed by atoms with Gasteiger partial charge in [-0.25, -0.2) is 9.18 Å². The quantitative estimate of drug-likeness (QED) is 0.348. The van der Waals surface area contributed by atoms with Crippen LogP contribution in [0.2, 0.25) is 0 Å². The van der Waals surface area contributed by atoms with Crippen LogP contribution < -0.4 is 11.1 Å². The second-order valence-corrected chi connectivity index (χ2v) is 6.06. The summed E-state index contributed by atoms with van der Waals surface area (Å²) < 4.78 is 58.3. The first kappa shape index (κ1) is 22.2. The van der Waals surface area contributed by atoms with Crippen LogP contribution in [-0.4, -0.2) is 28.2 Å². The maximum Gasteiger partial charge on any atom is 0.416 e. The van der Waals surface area contributed by atoms with Gasteiger partial charge in [0.1, 0.15) is 11.5 Å². The van der Waals surface area contributed by atoms with Crippen molar-refractivity contribution in [2.24, 2.45) is 5.73 Å². The number of primary amides is 1. The molecule has 7 nitrogen and oxygen atoms in total. The monoisotopic (exact) mass is 417 g/mol. The van der Waals surface area contributed by atoms with Crippen molar-refractivity contribution in [2.75, 3.05) is 11.9 Å². The van der Waals surface area contributed by atoms with E-state index in [1.165, 1.54) is 16.8 Å². The number of nitrogens with zero attached hydrogens (tertiary/aromatic N) is 1. The van der Waals surface area contributed by atoms with Gasteiger partial charge in [0.2, 0.25) is 5.91 Å². The lowest BCUT2D eigenvalue weighted by Crippen LogP contribution is -2.17. The number of anilines is 1. The summed E-state index contributed by atoms with van der Waals surface area (Å²) in [6.07, 6.45) is -5.22. The van der Waals surface area contributed by atoms with Gasteiger partial charge in [0.25, 0.3) is 0 Å². The molecule has 1 heterocycles. The number of carbonyl (C=O) groups excluding carboxylic acids is 2. The number of nitrogens with one attached hydrogen (secondary N) is 1. The average molecular weight is 417 g/mol. The summed E-state index contributed by atoms with van der Waals surface area (Å²) in [7, 11) is 0. The van der Waals surface area contributed by atoms with Gasteiger partial charge >= 0.3 is 12.1 Å². The second-order valence-electron chi connectivity index (χ2n) is 6.06. The maximum absolute atomic E-state index is 13.5. The molecular weight excluding hydrogens is 398 g/mol. The molecule has 2 rings (SSSR count). The van der Waals surface area contributed by atoms with Crippen molar-refractivity contribution in [1.82, 2.24) is 4.57 Å². The number of nitrogens with two attached hydrogens (primary N) is 1. The number of aryl methyl sites for hydroxylation is 1. The lowest BCUT2D eigenvalue weighted by Gasteiger charge is -2.15. The molecular formula is C18H19F4N3O4. The van der Waals surface area contributed by atoms with Crippen LogP contribution in [0.15, 0.2) is 30.5 Å². The summed E-state index contributed by atoms with van der Waals surface area (Å²) in [6, 6.07) is 2.96. The van der Waals surface area contributed by atoms with Crippen LogP contribution in [-0.2, 0) is 22.3 Å². The van der Waals surface area contributed by atoms with Crippen LogP contribution in [0.1, 0.15) is 41.2 Å². The SMILES string of the molecule is CCOC(=O)c1cc(NC(O)c2cc(F)cc(C(F)(F)F)c2)cn1CCC(N)=O. The molecule has 11 heteroatoms. The van der Waals surface area contributed by atoms with Gasteiger partial charge in [-0.05, 0) is 31.2 Å². The number of hydrogen-bond donors (Lipinski definition) is 3. The molecule has 1 amide bonds. The number of aromatic nitrogens is 1. The van der Waals surface area contributed by atoms with Crippen molar-refractivity contribution in [3.63, 3.8) is 0 Å². The van der Waals surface area contributed by atoms with Crippen molar-refractivity contribution in [1.29, 1.82) is 0 Å². The number of amides is 1. The van der Waals surface area contributed by atoms with Crippen molar-refractivity contribution in [3.8, 4) is 0 Å². The molecule has 1 aromatic heterocycles. The standard InChI is InChI=1S/C18H19F4N3O4/c1-2-29-17(28)14-8-13(9-25(14)4-3-15(23)26)24-16(27)10-5-11(18(20,21)22)7-12(19)6-10/h5-9,16,24,27H,2-4H2,1H3,(H2,23,26). The van der Waals surface area contributed by atoms with E-state index in [9.17, 15) is 32.3 Å². The van der Waals surface area contributed by atoms with E-state index in [0.29, 0.717) is 12.1 Å². The molecule has 0 saturated carbocycles. The Kier molecular flexibility index (Phi) is 6.85. The van der Waals surface area contributed by atoms with Gasteiger partial charge in [0.15, 0.2) is 6.23 Å². The van der Waals surface area contributed by atoms with E-state index in [1.807, 2.05) is 0 Å². The van der Waals surface area contributed by atoms with Crippen molar-refractivity contribution < 1.29 is 37.0 Å². The molecule has 0 fully saturated rings. The van der Waals surface area contributed by atoms with E-state index in [2.05, 4.69) is 5.32 Å². The summed E-state index contributed by atoms with van der Waals surface area (Å²) >= 11 is 0. The summed E-state index contributed by atoms with van der Waals surface area (Å²) in [5, 5.41) is 12.7. The summed E-state index contributed by atoms with van der Waals surface area (Å²) in [6.45, 7) is 1.73. The molecule has 1 aromatic carbocycles. The zero-order valence-electron chi connectivity index (χ0n) is 15.3. The summed E-state index contributed by atoms with van der Waals surface area (Å²) in [5.74, 6) is -2.48. The van der Waals surface area contributed by atoms with Crippen LogP contribution in [0.5, 0.6) is 0 Å². The van der Waals surface area contributed by atoms with Crippen LogP contribution in [0, 0.1) is 5.82 Å². The average Bonchev–Trinajstić information content (AvgIpc) is 3.01. The molecule has 0 aliphatic rings. The third-order valence-corrected chi connectivity index (χ3v) is 3.85. The van der Waals surface area contributed by atoms with Crippen LogP contribution in [0.25, 0.3) is 0 Å². The minimum atomic E-state index is -4.79. The second kappa shape index (κ2) is 8.95. The first-order valence-electron chi connectivity index (χ1n) is 8.49.